The van der Waals surface area contributed by atoms with Gasteiger partial charge in [0.15, 0.2) is 0 Å². The Labute approximate surface area is 148 Å². The van der Waals surface area contributed by atoms with Crippen LogP contribution >= 0.6 is 0 Å². The first kappa shape index (κ1) is 17.9. The number of hydrogen-bond donors (Lipinski definition) is 0. The highest BCUT2D eigenvalue weighted by atomic mass is 32.2. The Morgan fingerprint density at radius 3 is 2.72 bits per heavy atom. The van der Waals surface area contributed by atoms with E-state index in [9.17, 15) is 12.8 Å². The second kappa shape index (κ2) is 7.14. The summed E-state index contributed by atoms with van der Waals surface area (Å²) in [5, 5.41) is 0. The minimum absolute atomic E-state index is 0.0935. The molecule has 0 saturated heterocycles. The molecule has 1 atom stereocenters. The molecular formula is C19H22FNO3S. The van der Waals surface area contributed by atoms with Crippen molar-refractivity contribution >= 4 is 10.0 Å². The number of rotatable bonds is 5. The molecule has 2 aromatic carbocycles. The normalized spacial score (nSPS) is 18.0. The summed E-state index contributed by atoms with van der Waals surface area (Å²) in [5.41, 5.74) is 2.55. The molecule has 134 valence electrons. The molecule has 0 N–H and O–H groups in total. The van der Waals surface area contributed by atoms with E-state index in [0.29, 0.717) is 18.5 Å². The molecule has 0 radical (unpaired) electrons. The van der Waals surface area contributed by atoms with Crippen LogP contribution in [0.1, 0.15) is 29.7 Å². The van der Waals surface area contributed by atoms with E-state index in [1.807, 2.05) is 25.1 Å². The van der Waals surface area contributed by atoms with Gasteiger partial charge in [-0.25, -0.2) is 12.8 Å². The molecule has 3 rings (SSSR count). The smallest absolute Gasteiger partial charge is 0.214 e. The molecule has 0 fully saturated rings. The Balaban J connectivity index is 1.77. The van der Waals surface area contributed by atoms with Crippen molar-refractivity contribution in [2.75, 3.05) is 19.4 Å². The SMILES string of the molecule is COc1ccc2c(c1)CCN(S(=O)(=O)CCc1ccccc1F)C2C. The molecule has 0 bridgehead atoms. The summed E-state index contributed by atoms with van der Waals surface area (Å²) in [6, 6.07) is 11.8. The number of benzene rings is 2. The van der Waals surface area contributed by atoms with E-state index in [1.54, 1.807) is 25.3 Å². The molecular weight excluding hydrogens is 341 g/mol. The lowest BCUT2D eigenvalue weighted by Crippen LogP contribution is -2.40. The quantitative estimate of drug-likeness (QED) is 0.819. The molecule has 1 unspecified atom stereocenters. The summed E-state index contributed by atoms with van der Waals surface area (Å²) in [7, 11) is -1.85. The lowest BCUT2D eigenvalue weighted by molar-refractivity contribution is 0.325. The van der Waals surface area contributed by atoms with Gasteiger partial charge in [0.1, 0.15) is 11.6 Å². The number of nitrogens with zero attached hydrogens (tertiary/aromatic N) is 1. The van der Waals surface area contributed by atoms with Gasteiger partial charge in [-0.15, -0.1) is 0 Å². The Hall–Kier alpha value is -1.92. The predicted octanol–water partition coefficient (Wildman–Crippen LogP) is 3.33. The van der Waals surface area contributed by atoms with E-state index in [4.69, 9.17) is 4.74 Å². The Bertz CT molecular complexity index is 867. The second-order valence-corrected chi connectivity index (χ2v) is 8.30. The van der Waals surface area contributed by atoms with Crippen molar-refractivity contribution in [2.45, 2.75) is 25.8 Å². The monoisotopic (exact) mass is 363 g/mol. The maximum atomic E-state index is 13.7. The predicted molar refractivity (Wildman–Crippen MR) is 95.7 cm³/mol. The summed E-state index contributed by atoms with van der Waals surface area (Å²) in [5.74, 6) is 0.327. The zero-order chi connectivity index (χ0) is 18.0. The van der Waals surface area contributed by atoms with Crippen molar-refractivity contribution in [2.24, 2.45) is 0 Å². The van der Waals surface area contributed by atoms with Crippen LogP contribution < -0.4 is 4.74 Å². The lowest BCUT2D eigenvalue weighted by Gasteiger charge is -2.34. The summed E-state index contributed by atoms with van der Waals surface area (Å²) in [6.45, 7) is 2.33. The van der Waals surface area contributed by atoms with Gasteiger partial charge >= 0.3 is 0 Å². The largest absolute Gasteiger partial charge is 0.497 e. The Kier molecular flexibility index (Phi) is 5.11. The average Bonchev–Trinajstić information content (AvgIpc) is 2.60. The number of fused-ring (bicyclic) bond motifs is 1. The topological polar surface area (TPSA) is 46.6 Å². The zero-order valence-corrected chi connectivity index (χ0v) is 15.2. The van der Waals surface area contributed by atoms with Crippen LogP contribution in [0.3, 0.4) is 0 Å². The molecule has 0 aromatic heterocycles. The number of methoxy groups -OCH3 is 1. The molecule has 0 spiro atoms. The van der Waals surface area contributed by atoms with E-state index in [-0.39, 0.29) is 24.0 Å². The van der Waals surface area contributed by atoms with Crippen molar-refractivity contribution < 1.29 is 17.5 Å². The Morgan fingerprint density at radius 1 is 1.24 bits per heavy atom. The van der Waals surface area contributed by atoms with Crippen molar-refractivity contribution in [1.82, 2.24) is 4.31 Å². The maximum Gasteiger partial charge on any atom is 0.214 e. The number of aryl methyl sites for hydroxylation is 1. The molecule has 1 heterocycles. The van der Waals surface area contributed by atoms with Crippen LogP contribution in [0.2, 0.25) is 0 Å². The van der Waals surface area contributed by atoms with Crippen LogP contribution in [0.25, 0.3) is 0 Å². The van der Waals surface area contributed by atoms with Gasteiger partial charge < -0.3 is 4.74 Å². The molecule has 0 amide bonds. The van der Waals surface area contributed by atoms with Gasteiger partial charge in [0, 0.05) is 12.6 Å². The fraction of sp³-hybridized carbons (Fsp3) is 0.368. The van der Waals surface area contributed by atoms with Gasteiger partial charge in [-0.05, 0) is 54.7 Å². The molecule has 2 aromatic rings. The number of ether oxygens (including phenoxy) is 1. The third-order valence-electron chi connectivity index (χ3n) is 4.78. The fourth-order valence-corrected chi connectivity index (χ4v) is 5.03. The van der Waals surface area contributed by atoms with E-state index < -0.39 is 10.0 Å². The molecule has 1 aliphatic rings. The van der Waals surface area contributed by atoms with Crippen molar-refractivity contribution in [3.05, 3.63) is 65.0 Å². The standard InChI is InChI=1S/C19H22FNO3S/c1-14-18-8-7-17(24-2)13-16(18)9-11-21(14)25(22,23)12-10-15-5-3-4-6-19(15)20/h3-8,13-14H,9-12H2,1-2H3. The highest BCUT2D eigenvalue weighted by Crippen LogP contribution is 2.33. The molecule has 4 nitrogen and oxygen atoms in total. The first-order valence-corrected chi connectivity index (χ1v) is 9.93. The van der Waals surface area contributed by atoms with E-state index in [2.05, 4.69) is 0 Å². The lowest BCUT2D eigenvalue weighted by atomic mass is 9.95. The van der Waals surface area contributed by atoms with Crippen LogP contribution in [-0.2, 0) is 22.9 Å². The van der Waals surface area contributed by atoms with Crippen LogP contribution in [0.4, 0.5) is 4.39 Å². The van der Waals surface area contributed by atoms with Crippen molar-refractivity contribution in [3.63, 3.8) is 0 Å². The number of hydrogen-bond acceptors (Lipinski definition) is 3. The van der Waals surface area contributed by atoms with Gasteiger partial charge in [-0.1, -0.05) is 24.3 Å². The third kappa shape index (κ3) is 3.70. The number of sulfonamides is 1. The molecule has 0 aliphatic carbocycles. The summed E-state index contributed by atoms with van der Waals surface area (Å²) >= 11 is 0. The highest BCUT2D eigenvalue weighted by molar-refractivity contribution is 7.89. The number of halogens is 1. The van der Waals surface area contributed by atoms with E-state index >= 15 is 0 Å². The van der Waals surface area contributed by atoms with Crippen LogP contribution in [-0.4, -0.2) is 32.1 Å². The molecule has 1 aliphatic heterocycles. The second-order valence-electron chi connectivity index (χ2n) is 6.26. The van der Waals surface area contributed by atoms with Gasteiger partial charge in [0.2, 0.25) is 10.0 Å². The summed E-state index contributed by atoms with van der Waals surface area (Å²) in [4.78, 5) is 0. The average molecular weight is 363 g/mol. The first-order valence-electron chi connectivity index (χ1n) is 8.32. The van der Waals surface area contributed by atoms with E-state index in [0.717, 1.165) is 16.9 Å². The van der Waals surface area contributed by atoms with Gasteiger partial charge in [-0.3, -0.25) is 0 Å². The molecule has 0 saturated carbocycles. The van der Waals surface area contributed by atoms with Crippen LogP contribution in [0, 0.1) is 5.82 Å². The molecule has 25 heavy (non-hydrogen) atoms. The summed E-state index contributed by atoms with van der Waals surface area (Å²) in [6.07, 6.45) is 0.823. The third-order valence-corrected chi connectivity index (χ3v) is 6.71. The van der Waals surface area contributed by atoms with E-state index in [1.165, 1.54) is 10.4 Å². The van der Waals surface area contributed by atoms with Crippen molar-refractivity contribution in [1.29, 1.82) is 0 Å². The zero-order valence-electron chi connectivity index (χ0n) is 14.4. The summed E-state index contributed by atoms with van der Waals surface area (Å²) < 4.78 is 46.1. The highest BCUT2D eigenvalue weighted by Gasteiger charge is 2.32. The first-order chi connectivity index (χ1) is 11.9. The van der Waals surface area contributed by atoms with Gasteiger partial charge in [0.05, 0.1) is 12.9 Å². The fourth-order valence-electron chi connectivity index (χ4n) is 3.35. The minimum atomic E-state index is -3.47. The maximum absolute atomic E-state index is 13.7. The minimum Gasteiger partial charge on any atom is -0.497 e. The van der Waals surface area contributed by atoms with Crippen LogP contribution in [0.5, 0.6) is 5.75 Å². The van der Waals surface area contributed by atoms with Crippen molar-refractivity contribution in [3.8, 4) is 5.75 Å². The van der Waals surface area contributed by atoms with Gasteiger partial charge in [-0.2, -0.15) is 4.31 Å². The Morgan fingerprint density at radius 2 is 2.00 bits per heavy atom. The van der Waals surface area contributed by atoms with Crippen LogP contribution in [0.15, 0.2) is 42.5 Å². The van der Waals surface area contributed by atoms with Gasteiger partial charge in [0.25, 0.3) is 0 Å². The molecule has 6 heteroatoms.